The Balaban J connectivity index is 2.37. The van der Waals surface area contributed by atoms with E-state index in [4.69, 9.17) is 5.11 Å². The summed E-state index contributed by atoms with van der Waals surface area (Å²) < 4.78 is 1.68. The van der Waals surface area contributed by atoms with Crippen LogP contribution in [0.3, 0.4) is 0 Å². The zero-order chi connectivity index (χ0) is 13.1. The van der Waals surface area contributed by atoms with Crippen LogP contribution < -0.4 is 0 Å². The van der Waals surface area contributed by atoms with E-state index in [0.29, 0.717) is 0 Å². The summed E-state index contributed by atoms with van der Waals surface area (Å²) in [6, 6.07) is 9.56. The van der Waals surface area contributed by atoms with Crippen molar-refractivity contribution in [2.24, 2.45) is 5.92 Å². The molecule has 2 rings (SSSR count). The first-order valence-corrected chi connectivity index (χ1v) is 5.80. The lowest BCUT2D eigenvalue weighted by molar-refractivity contribution is -0.141. The van der Waals surface area contributed by atoms with E-state index in [1.807, 2.05) is 37.3 Å². The van der Waals surface area contributed by atoms with E-state index in [9.17, 15) is 4.79 Å². The Bertz CT molecular complexity index is 536. The lowest BCUT2D eigenvalue weighted by Crippen LogP contribution is -2.19. The highest BCUT2D eigenvalue weighted by molar-refractivity contribution is 5.70. The molecule has 0 fully saturated rings. The number of hydrogen-bond acceptors (Lipinski definition) is 3. The van der Waals surface area contributed by atoms with Gasteiger partial charge in [0.05, 0.1) is 23.5 Å². The molecule has 1 N–H and O–H groups in total. The number of aromatic nitrogens is 3. The van der Waals surface area contributed by atoms with E-state index in [1.54, 1.807) is 17.8 Å². The van der Waals surface area contributed by atoms with E-state index < -0.39 is 11.9 Å². The molecule has 0 saturated heterocycles. The minimum atomic E-state index is -0.816. The van der Waals surface area contributed by atoms with Crippen LogP contribution in [0.5, 0.6) is 0 Å². The SMILES string of the molecule is CC(C(=O)O)C(C)c1cnnn1-c1ccccc1. The Morgan fingerprint density at radius 1 is 1.28 bits per heavy atom. The van der Waals surface area contributed by atoms with Crippen LogP contribution in [0.4, 0.5) is 0 Å². The fraction of sp³-hybridized carbons (Fsp3) is 0.308. The van der Waals surface area contributed by atoms with Gasteiger partial charge in [-0.15, -0.1) is 5.10 Å². The van der Waals surface area contributed by atoms with Crippen molar-refractivity contribution in [3.05, 3.63) is 42.2 Å². The molecular formula is C13H15N3O2. The molecular weight excluding hydrogens is 230 g/mol. The molecule has 0 aliphatic carbocycles. The monoisotopic (exact) mass is 245 g/mol. The summed E-state index contributed by atoms with van der Waals surface area (Å²) in [5.74, 6) is -1.45. The fourth-order valence-corrected chi connectivity index (χ4v) is 1.79. The average Bonchev–Trinajstić information content (AvgIpc) is 2.87. The number of carboxylic acid groups (broad SMARTS) is 1. The van der Waals surface area contributed by atoms with E-state index in [-0.39, 0.29) is 5.92 Å². The van der Waals surface area contributed by atoms with Gasteiger partial charge in [-0.1, -0.05) is 37.3 Å². The lowest BCUT2D eigenvalue weighted by atomic mass is 9.93. The molecule has 0 saturated carbocycles. The normalized spacial score (nSPS) is 14.1. The summed E-state index contributed by atoms with van der Waals surface area (Å²) in [5.41, 5.74) is 1.69. The number of hydrogen-bond donors (Lipinski definition) is 1. The van der Waals surface area contributed by atoms with Crippen LogP contribution in [0.2, 0.25) is 0 Å². The number of para-hydroxylation sites is 1. The Morgan fingerprint density at radius 2 is 1.94 bits per heavy atom. The first kappa shape index (κ1) is 12.3. The Kier molecular flexibility index (Phi) is 3.41. The molecule has 0 bridgehead atoms. The van der Waals surface area contributed by atoms with Crippen molar-refractivity contribution in [1.82, 2.24) is 15.0 Å². The average molecular weight is 245 g/mol. The summed E-state index contributed by atoms with van der Waals surface area (Å²) in [4.78, 5) is 11.0. The molecule has 94 valence electrons. The van der Waals surface area contributed by atoms with Gasteiger partial charge < -0.3 is 5.11 Å². The van der Waals surface area contributed by atoms with E-state index >= 15 is 0 Å². The van der Waals surface area contributed by atoms with Gasteiger partial charge in [0.15, 0.2) is 0 Å². The van der Waals surface area contributed by atoms with Gasteiger partial charge in [-0.3, -0.25) is 4.79 Å². The van der Waals surface area contributed by atoms with Gasteiger partial charge in [-0.2, -0.15) is 0 Å². The van der Waals surface area contributed by atoms with Crippen LogP contribution in [-0.4, -0.2) is 26.1 Å². The molecule has 2 atom stereocenters. The molecule has 2 unspecified atom stereocenters. The third-order valence-electron chi connectivity index (χ3n) is 3.18. The molecule has 0 aliphatic heterocycles. The maximum Gasteiger partial charge on any atom is 0.306 e. The van der Waals surface area contributed by atoms with Crippen molar-refractivity contribution in [1.29, 1.82) is 0 Å². The van der Waals surface area contributed by atoms with Crippen molar-refractivity contribution < 1.29 is 9.90 Å². The predicted octanol–water partition coefficient (Wildman–Crippen LogP) is 2.09. The van der Waals surface area contributed by atoms with Crippen molar-refractivity contribution in [3.8, 4) is 5.69 Å². The fourth-order valence-electron chi connectivity index (χ4n) is 1.79. The Labute approximate surface area is 105 Å². The summed E-state index contributed by atoms with van der Waals surface area (Å²) in [5, 5.41) is 17.0. The topological polar surface area (TPSA) is 68.0 Å². The van der Waals surface area contributed by atoms with Gasteiger partial charge in [0.2, 0.25) is 0 Å². The van der Waals surface area contributed by atoms with Gasteiger partial charge in [0.25, 0.3) is 0 Å². The second-order valence-electron chi connectivity index (χ2n) is 4.32. The van der Waals surface area contributed by atoms with E-state index in [1.165, 1.54) is 0 Å². The van der Waals surface area contributed by atoms with Gasteiger partial charge in [0, 0.05) is 5.92 Å². The zero-order valence-electron chi connectivity index (χ0n) is 10.3. The molecule has 0 spiro atoms. The van der Waals surface area contributed by atoms with Crippen LogP contribution >= 0.6 is 0 Å². The van der Waals surface area contributed by atoms with Crippen molar-refractivity contribution in [2.75, 3.05) is 0 Å². The number of benzene rings is 1. The minimum Gasteiger partial charge on any atom is -0.481 e. The van der Waals surface area contributed by atoms with Crippen LogP contribution in [0.1, 0.15) is 25.5 Å². The lowest BCUT2D eigenvalue weighted by Gasteiger charge is -2.16. The molecule has 2 aromatic rings. The second kappa shape index (κ2) is 5.00. The van der Waals surface area contributed by atoms with Gasteiger partial charge in [0.1, 0.15) is 0 Å². The summed E-state index contributed by atoms with van der Waals surface area (Å²) in [6.07, 6.45) is 1.62. The number of carbonyl (C=O) groups is 1. The van der Waals surface area contributed by atoms with Crippen LogP contribution in [0.25, 0.3) is 5.69 Å². The van der Waals surface area contributed by atoms with Crippen molar-refractivity contribution in [2.45, 2.75) is 19.8 Å². The molecule has 1 aromatic heterocycles. The van der Waals surface area contributed by atoms with E-state index in [2.05, 4.69) is 10.3 Å². The summed E-state index contributed by atoms with van der Waals surface area (Å²) in [7, 11) is 0. The largest absolute Gasteiger partial charge is 0.481 e. The number of aliphatic carboxylic acids is 1. The van der Waals surface area contributed by atoms with Crippen molar-refractivity contribution >= 4 is 5.97 Å². The van der Waals surface area contributed by atoms with Crippen molar-refractivity contribution in [3.63, 3.8) is 0 Å². The Hall–Kier alpha value is -2.17. The first-order chi connectivity index (χ1) is 8.61. The third-order valence-corrected chi connectivity index (χ3v) is 3.18. The molecule has 0 amide bonds. The molecule has 0 radical (unpaired) electrons. The maximum atomic E-state index is 11.0. The van der Waals surface area contributed by atoms with Gasteiger partial charge >= 0.3 is 5.97 Å². The van der Waals surface area contributed by atoms with Gasteiger partial charge in [-0.25, -0.2) is 4.68 Å². The molecule has 0 aliphatic rings. The van der Waals surface area contributed by atoms with E-state index in [0.717, 1.165) is 11.4 Å². The highest BCUT2D eigenvalue weighted by atomic mass is 16.4. The predicted molar refractivity (Wildman–Crippen MR) is 66.6 cm³/mol. The molecule has 18 heavy (non-hydrogen) atoms. The molecule has 5 heteroatoms. The quantitative estimate of drug-likeness (QED) is 0.895. The summed E-state index contributed by atoms with van der Waals surface area (Å²) >= 11 is 0. The third kappa shape index (κ3) is 2.25. The summed E-state index contributed by atoms with van der Waals surface area (Å²) in [6.45, 7) is 3.56. The highest BCUT2D eigenvalue weighted by Gasteiger charge is 2.24. The molecule has 1 aromatic carbocycles. The standard InChI is InChI=1S/C13H15N3O2/c1-9(10(2)13(17)18)12-8-14-15-16(12)11-6-4-3-5-7-11/h3-10H,1-2H3,(H,17,18). The van der Waals surface area contributed by atoms with Crippen LogP contribution in [-0.2, 0) is 4.79 Å². The number of carboxylic acids is 1. The number of rotatable bonds is 4. The molecule has 5 nitrogen and oxygen atoms in total. The zero-order valence-corrected chi connectivity index (χ0v) is 10.3. The first-order valence-electron chi connectivity index (χ1n) is 5.80. The maximum absolute atomic E-state index is 11.0. The second-order valence-corrected chi connectivity index (χ2v) is 4.32. The van der Waals surface area contributed by atoms with Crippen LogP contribution in [0.15, 0.2) is 36.5 Å². The number of nitrogens with zero attached hydrogens (tertiary/aromatic N) is 3. The minimum absolute atomic E-state index is 0.155. The smallest absolute Gasteiger partial charge is 0.306 e. The van der Waals surface area contributed by atoms with Crippen LogP contribution in [0, 0.1) is 5.92 Å². The highest BCUT2D eigenvalue weighted by Crippen LogP contribution is 2.25. The molecule has 1 heterocycles. The van der Waals surface area contributed by atoms with Gasteiger partial charge in [-0.05, 0) is 12.1 Å². The Morgan fingerprint density at radius 3 is 2.56 bits per heavy atom.